The fourth-order valence-corrected chi connectivity index (χ4v) is 0. The van der Waals surface area contributed by atoms with Gasteiger partial charge in [0.15, 0.2) is 0 Å². The van der Waals surface area contributed by atoms with Crippen LogP contribution < -0.4 is 0 Å². The Balaban J connectivity index is -0.00000000626. The molecule has 0 spiro atoms. The molecule has 39 heteroatoms. The van der Waals surface area contributed by atoms with Gasteiger partial charge in [0.25, 0.3) is 0 Å². The second kappa shape index (κ2) is 394. The van der Waals surface area contributed by atoms with Gasteiger partial charge in [0.2, 0.25) is 16.6 Å². The van der Waals surface area contributed by atoms with Crippen LogP contribution in [0.15, 0.2) is 58.2 Å². The molecule has 0 fully saturated rings. The maximum atomic E-state index is 9.58. The Kier molecular flexibility index (Phi) is 1330. The van der Waals surface area contributed by atoms with Gasteiger partial charge in [-0.25, -0.2) is 0 Å². The average molecular weight is 2530 g/mol. The van der Waals surface area contributed by atoms with Crippen molar-refractivity contribution in [2.75, 3.05) is 7.11 Å². The van der Waals surface area contributed by atoms with Gasteiger partial charge < -0.3 is 145 Å². The van der Waals surface area contributed by atoms with Gasteiger partial charge in [-0.15, -0.1) is 0 Å². The van der Waals surface area contributed by atoms with Gasteiger partial charge in [0.05, 0.1) is 7.11 Å². The van der Waals surface area contributed by atoms with Crippen molar-refractivity contribution in [3.63, 3.8) is 0 Å². The number of hydrogen-bond acceptors (Lipinski definition) is 6. The molecule has 0 aliphatic heterocycles. The molecule has 0 aliphatic rings. The Morgan fingerprint density at radius 2 is 0.390 bits per heavy atom. The summed E-state index contributed by atoms with van der Waals surface area (Å²) in [4.78, 5) is 47.4. The summed E-state index contributed by atoms with van der Waals surface area (Å²) in [5.41, 5.74) is 18.3. The number of carbonyl (C=O) groups excluding carboxylic acids is 5. The van der Waals surface area contributed by atoms with Crippen molar-refractivity contribution in [2.45, 2.75) is 53.4 Å². The van der Waals surface area contributed by atoms with E-state index in [1.54, 1.807) is 27.7 Å². The summed E-state index contributed by atoms with van der Waals surface area (Å²) in [5, 5.41) is -0.546. The molecule has 10 atom stereocenters. The van der Waals surface area contributed by atoms with E-state index in [2.05, 4.69) is 163 Å². The minimum atomic E-state index is -0.995. The molecule has 9 N–H and O–H groups in total. The molecule has 0 bridgehead atoms. The van der Waals surface area contributed by atoms with Gasteiger partial charge in [-0.2, -0.15) is 92.4 Å². The van der Waals surface area contributed by atoms with Gasteiger partial charge >= 0.3 is 186 Å². The van der Waals surface area contributed by atoms with Crippen molar-refractivity contribution >= 4 is 144 Å². The maximum absolute atomic E-state index is 9.58. The Hall–Kier alpha value is 9.00. The van der Waals surface area contributed by atoms with E-state index in [-0.39, 0.29) is 350 Å². The van der Waals surface area contributed by atoms with E-state index in [1.807, 2.05) is 0 Å². The van der Waals surface area contributed by atoms with Crippen molar-refractivity contribution in [3.05, 3.63) is 189 Å². The van der Waals surface area contributed by atoms with Gasteiger partial charge in [-0.3, -0.25) is 72.6 Å². The third kappa shape index (κ3) is 1620. The van der Waals surface area contributed by atoms with E-state index < -0.39 is 17.9 Å². The average Bonchev–Trinajstić information content (AvgIpc) is 3.09. The zero-order valence-corrected chi connectivity index (χ0v) is 86.3. The van der Waals surface area contributed by atoms with E-state index in [0.717, 1.165) is 7.11 Å². The molecule has 0 heterocycles. The summed E-state index contributed by atoms with van der Waals surface area (Å²) in [6.45, 7) is 53.6. The summed E-state index contributed by atoms with van der Waals surface area (Å²) in [6.07, 6.45) is 0.535. The zero-order chi connectivity index (χ0) is 48.5. The fraction of sp³-hybridized carbons (Fsp3) is 0.237. The van der Waals surface area contributed by atoms with Crippen molar-refractivity contribution in [1.29, 1.82) is 0 Å². The van der Waals surface area contributed by atoms with E-state index in [0.29, 0.717) is 25.7 Å². The van der Waals surface area contributed by atoms with Crippen LogP contribution in [0.1, 0.15) is 53.4 Å². The molecule has 0 saturated carbocycles. The predicted molar refractivity (Wildman–Crippen MR) is 326 cm³/mol. The molecule has 0 rings (SSSR count). The van der Waals surface area contributed by atoms with E-state index >= 15 is 0 Å². The minimum Gasteiger partial charge on any atom is -0.693 e. The second-order valence-electron chi connectivity index (χ2n) is 5.39. The maximum Gasteiger partial charge on any atom is 2.00 e. The first kappa shape index (κ1) is 259. The van der Waals surface area contributed by atoms with Gasteiger partial charge in [0.1, 0.15) is 0 Å². The Labute approximate surface area is 702 Å². The molecular formula is C38H84Cl2N6O6P10V10W5. The van der Waals surface area contributed by atoms with Crippen LogP contribution in [0.2, 0.25) is 0 Å². The minimum absolute atomic E-state index is 0. The fourth-order valence-electron chi connectivity index (χ4n) is 0. The second-order valence-corrected chi connectivity index (χ2v) is 10.1. The first-order valence-electron chi connectivity index (χ1n) is 13.7. The number of carbonyl (C=O) groups is 5. The van der Waals surface area contributed by atoms with Crippen LogP contribution in [-0.2, 0) is 315 Å². The van der Waals surface area contributed by atoms with E-state index in [4.69, 9.17) is 40.4 Å². The summed E-state index contributed by atoms with van der Waals surface area (Å²) >= 11 is 9.65. The van der Waals surface area contributed by atoms with Crippen LogP contribution in [0.5, 0.6) is 0 Å². The third-order valence-corrected chi connectivity index (χ3v) is 1.92. The normalized spacial score (nSPS) is 4.06. The Morgan fingerprint density at radius 3 is 0.390 bits per heavy atom. The molecule has 77 heavy (non-hydrogen) atoms. The molecule has 0 aromatic carbocycles. The number of hydrogen-bond donors (Lipinski definition) is 0. The summed E-state index contributed by atoms with van der Waals surface area (Å²) in [7, 11) is 23.5. The predicted octanol–water partition coefficient (Wildman–Crippen LogP) is 17.1. The first-order valence-corrected chi connectivity index (χ1v) is 21.1. The molecule has 10 unspecified atom stereocenters. The zero-order valence-electron chi connectivity index (χ0n) is 44.6. The molecule has 0 saturated heterocycles. The SMILES string of the molecule is CCC(=O)Cl.CCC(=O)Cl.CCC([NH-])=O.CCC([NH-])=O.COC([NH-])=O.[CH-]=CP.[CH-]=CP.[CH-]=CP.[CH-]=CP.[CH-]=CP.[CH-]=CP.[CH-]=CP.[CH-]=CP.[CH-]=CP.[CH-]=CP.[CH3-].[CH3-].[CH3-].[CH3-].[NH2-].[NH2-].[NH2-].[V+2].[V+2].[V+2].[V+2].[V+2].[V+2].[V+2].[V+2].[V+2].[V+2].[W].[W].[W].[W].[W]. The van der Waals surface area contributed by atoms with Crippen LogP contribution >= 0.6 is 116 Å². The molecule has 0 aliphatic carbocycles. The Bertz CT molecular complexity index is 734. The molecule has 3 amide bonds. The van der Waals surface area contributed by atoms with Crippen molar-refractivity contribution in [2.24, 2.45) is 0 Å². The number of halogens is 2. The number of rotatable bonds is 4. The van der Waals surface area contributed by atoms with Crippen LogP contribution in [0.25, 0.3) is 35.7 Å². The van der Waals surface area contributed by atoms with Crippen molar-refractivity contribution in [3.8, 4) is 0 Å². The van der Waals surface area contributed by atoms with Crippen LogP contribution in [0, 0.1) is 95.5 Å². The van der Waals surface area contributed by atoms with Crippen LogP contribution in [-0.4, -0.2) is 35.5 Å². The number of amides is 3. The van der Waals surface area contributed by atoms with Gasteiger partial charge in [-0.1, -0.05) is 27.7 Å². The molecule has 0 aromatic heterocycles. The van der Waals surface area contributed by atoms with Gasteiger partial charge in [-0.05, 0) is 36.0 Å². The summed E-state index contributed by atoms with van der Waals surface area (Å²) in [6, 6.07) is 0. The Morgan fingerprint density at radius 1 is 0.351 bits per heavy atom. The third-order valence-electron chi connectivity index (χ3n) is 1.38. The number of nitrogens with two attached hydrogens (primary N) is 3. The monoisotopic (exact) mass is 2530 g/mol. The molecule has 10 radical (unpaired) electrons. The van der Waals surface area contributed by atoms with E-state index in [1.165, 1.54) is 58.2 Å². The van der Waals surface area contributed by atoms with Gasteiger partial charge in [0, 0.05) is 130 Å². The summed E-state index contributed by atoms with van der Waals surface area (Å²) < 4.78 is 3.78. The van der Waals surface area contributed by atoms with Crippen molar-refractivity contribution < 1.29 is 320 Å². The smallest absolute Gasteiger partial charge is 0.693 e. The molecular weight excluding hydrogens is 2450 g/mol. The quantitative estimate of drug-likeness (QED) is 0.150. The number of ether oxygens (including phenoxy) is 1. The molecule has 0 aromatic rings. The van der Waals surface area contributed by atoms with Crippen LogP contribution in [0.4, 0.5) is 4.79 Å². The number of nitrogens with one attached hydrogen (secondary N) is 3. The van der Waals surface area contributed by atoms with Crippen LogP contribution in [0.3, 0.4) is 0 Å². The first-order chi connectivity index (χ1) is 25.5. The molecule has 446 valence electrons. The van der Waals surface area contributed by atoms with Crippen molar-refractivity contribution in [1.82, 2.24) is 0 Å². The topological polar surface area (TPSA) is 266 Å². The molecule has 12 nitrogen and oxygen atoms in total. The largest absolute Gasteiger partial charge is 2.00 e. The van der Waals surface area contributed by atoms with E-state index in [9.17, 15) is 24.0 Å². The summed E-state index contributed by atoms with van der Waals surface area (Å²) in [5.74, 6) is 13.2. The standard InChI is InChI=1S/2C3H5ClO.2C3H7NO.C2H5NO2.10C2H4P.4CH3.3H2N.10V.5W/c4*1-2-3(4)5;1-5-2(3)4;10*1-2-3;;;;;;;;;;;;;;;;;;;;;;/h2*2H2,1H3;2*2H2,1H3,(H2,4,5);1H3,(H2,3,4);10*1-2H,3H2;4*1H3;3*1H2;;;;;;;;;;;;;;;/q;;;;;17*-1;10*+2;;;;;/p-3. The number of methoxy groups -OCH3 is 1.